The summed E-state index contributed by atoms with van der Waals surface area (Å²) in [6.45, 7) is 7.53. The molecule has 2 aromatic carbocycles. The second kappa shape index (κ2) is 9.40. The normalized spacial score (nSPS) is 13.5. The SMILES string of the molecule is Cc1cc(-c2cnc3c(NCC(C)(C)O)cc(Nc4cccc(O)c4C)nn23)ccc1C(=O)NC1CC1. The van der Waals surface area contributed by atoms with Crippen LogP contribution in [0.15, 0.2) is 48.7 Å². The smallest absolute Gasteiger partial charge is 0.251 e. The standard InChI is InChI=1S/C28H32N6O3/c1-16-12-18(8-11-20(16)27(36)31-19-9-10-19)23-14-29-26-22(30-15-28(3,4)37)13-25(33-34(23)26)32-21-6-5-7-24(35)17(21)2/h5-8,11-14,19,30,35,37H,9-10,15H2,1-4H3,(H,31,36)(H,32,33). The van der Waals surface area contributed by atoms with Crippen LogP contribution in [0.1, 0.15) is 48.2 Å². The first-order chi connectivity index (χ1) is 17.6. The van der Waals surface area contributed by atoms with E-state index in [2.05, 4.69) is 20.9 Å². The van der Waals surface area contributed by atoms with Crippen molar-refractivity contribution in [1.82, 2.24) is 19.9 Å². The topological polar surface area (TPSA) is 124 Å². The molecule has 0 unspecified atom stereocenters. The maximum Gasteiger partial charge on any atom is 0.251 e. The number of anilines is 3. The predicted molar refractivity (Wildman–Crippen MR) is 145 cm³/mol. The van der Waals surface area contributed by atoms with Gasteiger partial charge >= 0.3 is 0 Å². The Morgan fingerprint density at radius 3 is 2.62 bits per heavy atom. The number of phenolic OH excluding ortho intramolecular Hbond substituents is 1. The zero-order chi connectivity index (χ0) is 26.3. The lowest BCUT2D eigenvalue weighted by Gasteiger charge is -2.19. The molecule has 2 aromatic heterocycles. The van der Waals surface area contributed by atoms with Crippen molar-refractivity contribution in [3.63, 3.8) is 0 Å². The van der Waals surface area contributed by atoms with E-state index in [1.165, 1.54) is 0 Å². The number of nitrogens with zero attached hydrogens (tertiary/aromatic N) is 3. The number of phenols is 1. The number of hydrogen-bond donors (Lipinski definition) is 5. The summed E-state index contributed by atoms with van der Waals surface area (Å²) in [6, 6.07) is 13.1. The van der Waals surface area contributed by atoms with E-state index in [1.54, 1.807) is 36.7 Å². The van der Waals surface area contributed by atoms with Gasteiger partial charge in [-0.3, -0.25) is 4.79 Å². The molecule has 0 aliphatic heterocycles. The third kappa shape index (κ3) is 5.36. The van der Waals surface area contributed by atoms with E-state index in [0.717, 1.165) is 35.3 Å². The van der Waals surface area contributed by atoms with Crippen LogP contribution in [0.5, 0.6) is 5.75 Å². The van der Waals surface area contributed by atoms with E-state index in [4.69, 9.17) is 5.10 Å². The van der Waals surface area contributed by atoms with Crippen molar-refractivity contribution in [2.45, 2.75) is 52.2 Å². The highest BCUT2D eigenvalue weighted by Crippen LogP contribution is 2.31. The average Bonchev–Trinajstić information content (AvgIpc) is 3.55. The third-order valence-corrected chi connectivity index (χ3v) is 6.43. The molecule has 0 spiro atoms. The van der Waals surface area contributed by atoms with Crippen LogP contribution in [-0.4, -0.2) is 48.9 Å². The molecule has 5 rings (SSSR count). The first kappa shape index (κ1) is 24.6. The van der Waals surface area contributed by atoms with Gasteiger partial charge in [-0.25, -0.2) is 9.50 Å². The highest BCUT2D eigenvalue weighted by Gasteiger charge is 2.25. The number of hydrogen-bond acceptors (Lipinski definition) is 7. The van der Waals surface area contributed by atoms with Crippen LogP contribution >= 0.6 is 0 Å². The van der Waals surface area contributed by atoms with Crippen LogP contribution in [0.2, 0.25) is 0 Å². The summed E-state index contributed by atoms with van der Waals surface area (Å²) >= 11 is 0. The van der Waals surface area contributed by atoms with Gasteiger partial charge in [0, 0.05) is 41.0 Å². The molecule has 0 atom stereocenters. The summed E-state index contributed by atoms with van der Waals surface area (Å²) in [5.74, 6) is 0.681. The number of aromatic nitrogens is 3. The van der Waals surface area contributed by atoms with Crippen LogP contribution in [0.3, 0.4) is 0 Å². The Morgan fingerprint density at radius 1 is 1.14 bits per heavy atom. The predicted octanol–water partition coefficient (Wildman–Crippen LogP) is 4.54. The molecular formula is C28H32N6O3. The van der Waals surface area contributed by atoms with Gasteiger partial charge in [0.1, 0.15) is 5.75 Å². The molecule has 1 amide bonds. The third-order valence-electron chi connectivity index (χ3n) is 6.43. The van der Waals surface area contributed by atoms with Gasteiger partial charge in [0.05, 0.1) is 23.2 Å². The van der Waals surface area contributed by atoms with E-state index in [-0.39, 0.29) is 11.7 Å². The van der Waals surface area contributed by atoms with Crippen molar-refractivity contribution in [1.29, 1.82) is 0 Å². The molecule has 9 nitrogen and oxygen atoms in total. The molecule has 0 bridgehead atoms. The molecule has 1 aliphatic rings. The summed E-state index contributed by atoms with van der Waals surface area (Å²) in [6.07, 6.45) is 3.83. The Morgan fingerprint density at radius 2 is 1.92 bits per heavy atom. The Labute approximate surface area is 215 Å². The quantitative estimate of drug-likeness (QED) is 0.241. The lowest BCUT2D eigenvalue weighted by atomic mass is 10.0. The van der Waals surface area contributed by atoms with Crippen molar-refractivity contribution >= 4 is 28.7 Å². The van der Waals surface area contributed by atoms with Crippen LogP contribution in [0.25, 0.3) is 16.9 Å². The van der Waals surface area contributed by atoms with Crippen LogP contribution in [-0.2, 0) is 0 Å². The Bertz CT molecular complexity index is 1480. The van der Waals surface area contributed by atoms with Gasteiger partial charge in [0.25, 0.3) is 5.91 Å². The fourth-order valence-corrected chi connectivity index (χ4v) is 4.13. The molecule has 2 heterocycles. The minimum absolute atomic E-state index is 0.0473. The number of amides is 1. The molecule has 37 heavy (non-hydrogen) atoms. The number of aromatic hydroxyl groups is 1. The number of carbonyl (C=O) groups is 1. The molecule has 4 aromatic rings. The Kier molecular flexibility index (Phi) is 6.25. The van der Waals surface area contributed by atoms with E-state index in [1.807, 2.05) is 44.2 Å². The maximum atomic E-state index is 12.6. The average molecular weight is 501 g/mol. The van der Waals surface area contributed by atoms with E-state index >= 15 is 0 Å². The zero-order valence-electron chi connectivity index (χ0n) is 21.5. The van der Waals surface area contributed by atoms with E-state index in [0.29, 0.717) is 40.9 Å². The molecule has 1 saturated carbocycles. The summed E-state index contributed by atoms with van der Waals surface area (Å²) < 4.78 is 1.74. The highest BCUT2D eigenvalue weighted by atomic mass is 16.3. The van der Waals surface area contributed by atoms with Crippen molar-refractivity contribution in [3.05, 3.63) is 65.4 Å². The highest BCUT2D eigenvalue weighted by molar-refractivity contribution is 5.96. The van der Waals surface area contributed by atoms with Gasteiger partial charge in [-0.2, -0.15) is 0 Å². The van der Waals surface area contributed by atoms with Crippen molar-refractivity contribution < 1.29 is 15.0 Å². The zero-order valence-corrected chi connectivity index (χ0v) is 21.5. The number of rotatable bonds is 8. The monoisotopic (exact) mass is 500 g/mol. The number of nitrogens with one attached hydrogen (secondary N) is 3. The lowest BCUT2D eigenvalue weighted by Crippen LogP contribution is -2.29. The van der Waals surface area contributed by atoms with Gasteiger partial charge in [-0.15, -0.1) is 5.10 Å². The minimum Gasteiger partial charge on any atom is -0.508 e. The number of carbonyl (C=O) groups excluding carboxylic acids is 1. The van der Waals surface area contributed by atoms with Crippen LogP contribution < -0.4 is 16.0 Å². The second-order valence-corrected chi connectivity index (χ2v) is 10.3. The van der Waals surface area contributed by atoms with E-state index < -0.39 is 5.60 Å². The first-order valence-corrected chi connectivity index (χ1v) is 12.4. The van der Waals surface area contributed by atoms with Gasteiger partial charge in [-0.1, -0.05) is 12.1 Å². The molecule has 1 fully saturated rings. The van der Waals surface area contributed by atoms with Crippen LogP contribution in [0.4, 0.5) is 17.2 Å². The summed E-state index contributed by atoms with van der Waals surface area (Å²) in [7, 11) is 0. The van der Waals surface area contributed by atoms with Gasteiger partial charge in [0.2, 0.25) is 0 Å². The first-order valence-electron chi connectivity index (χ1n) is 12.4. The molecule has 0 radical (unpaired) electrons. The van der Waals surface area contributed by atoms with Crippen LogP contribution in [0, 0.1) is 13.8 Å². The number of benzene rings is 2. The number of aliphatic hydroxyl groups is 1. The molecular weight excluding hydrogens is 468 g/mol. The van der Waals surface area contributed by atoms with Crippen molar-refractivity contribution in [3.8, 4) is 17.0 Å². The lowest BCUT2D eigenvalue weighted by molar-refractivity contribution is 0.0940. The van der Waals surface area contributed by atoms with E-state index in [9.17, 15) is 15.0 Å². The Hall–Kier alpha value is -4.11. The van der Waals surface area contributed by atoms with Gasteiger partial charge < -0.3 is 26.2 Å². The molecule has 1 aliphatic carbocycles. The van der Waals surface area contributed by atoms with Gasteiger partial charge in [0.15, 0.2) is 11.5 Å². The molecule has 5 N–H and O–H groups in total. The minimum atomic E-state index is -0.931. The number of aryl methyl sites for hydroxylation is 1. The Balaban J connectivity index is 1.55. The summed E-state index contributed by atoms with van der Waals surface area (Å²) in [5.41, 5.74) is 4.96. The largest absolute Gasteiger partial charge is 0.508 e. The summed E-state index contributed by atoms with van der Waals surface area (Å²) in [5, 5.41) is 34.8. The van der Waals surface area contributed by atoms with Crippen molar-refractivity contribution in [2.24, 2.45) is 0 Å². The second-order valence-electron chi connectivity index (χ2n) is 10.3. The fourth-order valence-electron chi connectivity index (χ4n) is 4.13. The molecule has 192 valence electrons. The maximum absolute atomic E-state index is 12.6. The van der Waals surface area contributed by atoms with Gasteiger partial charge in [-0.05, 0) is 70.4 Å². The van der Waals surface area contributed by atoms with Crippen molar-refractivity contribution in [2.75, 3.05) is 17.2 Å². The molecule has 0 saturated heterocycles. The summed E-state index contributed by atoms with van der Waals surface area (Å²) in [4.78, 5) is 17.2. The molecule has 9 heteroatoms. The fraction of sp³-hybridized carbons (Fsp3) is 0.321. The number of fused-ring (bicyclic) bond motifs is 1. The number of imidazole rings is 1.